The molecule has 2 aliphatic rings. The molecule has 0 saturated carbocycles. The van der Waals surface area contributed by atoms with Crippen LogP contribution in [0, 0.1) is 11.3 Å². The van der Waals surface area contributed by atoms with Crippen LogP contribution in [0.5, 0.6) is 0 Å². The number of nitrogens with one attached hydrogen (secondary N) is 1. The van der Waals surface area contributed by atoms with Crippen molar-refractivity contribution in [2.75, 3.05) is 26.2 Å². The van der Waals surface area contributed by atoms with Gasteiger partial charge < -0.3 is 15.0 Å². The Morgan fingerprint density at radius 3 is 2.48 bits per heavy atom. The Labute approximate surface area is 127 Å². The van der Waals surface area contributed by atoms with Crippen molar-refractivity contribution in [1.29, 1.82) is 0 Å². The minimum absolute atomic E-state index is 0.0563. The lowest BCUT2D eigenvalue weighted by Gasteiger charge is -2.35. The SMILES string of the molecule is CC1CCN(C(=O)C(C)(C)C(=O)NCC2CCCO2)CC1. The van der Waals surface area contributed by atoms with Gasteiger partial charge in [0.25, 0.3) is 0 Å². The lowest BCUT2D eigenvalue weighted by molar-refractivity contribution is -0.149. The number of nitrogens with zero attached hydrogens (tertiary/aromatic N) is 1. The van der Waals surface area contributed by atoms with Gasteiger partial charge >= 0.3 is 0 Å². The van der Waals surface area contributed by atoms with E-state index in [0.29, 0.717) is 12.5 Å². The summed E-state index contributed by atoms with van der Waals surface area (Å²) in [6.45, 7) is 8.46. The first-order valence-electron chi connectivity index (χ1n) is 8.10. The van der Waals surface area contributed by atoms with Crippen molar-refractivity contribution in [2.45, 2.75) is 52.6 Å². The molecule has 1 atom stereocenters. The van der Waals surface area contributed by atoms with E-state index in [0.717, 1.165) is 45.4 Å². The van der Waals surface area contributed by atoms with Gasteiger partial charge in [0, 0.05) is 26.2 Å². The van der Waals surface area contributed by atoms with Crippen molar-refractivity contribution in [2.24, 2.45) is 11.3 Å². The zero-order chi connectivity index (χ0) is 15.5. The molecule has 0 aliphatic carbocycles. The second kappa shape index (κ2) is 6.77. The van der Waals surface area contributed by atoms with Crippen molar-refractivity contribution in [3.63, 3.8) is 0 Å². The molecule has 5 heteroatoms. The van der Waals surface area contributed by atoms with Crippen LogP contribution in [0.2, 0.25) is 0 Å². The maximum atomic E-state index is 12.6. The Balaban J connectivity index is 1.86. The van der Waals surface area contributed by atoms with Gasteiger partial charge in [-0.25, -0.2) is 0 Å². The number of rotatable bonds is 4. The molecule has 0 radical (unpaired) electrons. The molecule has 21 heavy (non-hydrogen) atoms. The summed E-state index contributed by atoms with van der Waals surface area (Å²) in [5.74, 6) is 0.423. The molecule has 5 nitrogen and oxygen atoms in total. The lowest BCUT2D eigenvalue weighted by Crippen LogP contribution is -2.52. The van der Waals surface area contributed by atoms with Crippen molar-refractivity contribution in [3.05, 3.63) is 0 Å². The van der Waals surface area contributed by atoms with E-state index in [2.05, 4.69) is 12.2 Å². The third-order valence-corrected chi connectivity index (χ3v) is 4.69. The van der Waals surface area contributed by atoms with Gasteiger partial charge in [-0.3, -0.25) is 9.59 Å². The van der Waals surface area contributed by atoms with E-state index in [9.17, 15) is 9.59 Å². The van der Waals surface area contributed by atoms with E-state index in [4.69, 9.17) is 4.74 Å². The summed E-state index contributed by atoms with van der Waals surface area (Å²) in [5, 5.41) is 2.88. The molecule has 2 saturated heterocycles. The highest BCUT2D eigenvalue weighted by molar-refractivity contribution is 6.04. The normalized spacial score (nSPS) is 24.1. The minimum atomic E-state index is -1.00. The molecule has 0 aromatic carbocycles. The zero-order valence-electron chi connectivity index (χ0n) is 13.5. The molecular formula is C16H28N2O3. The summed E-state index contributed by atoms with van der Waals surface area (Å²) in [4.78, 5) is 26.8. The van der Waals surface area contributed by atoms with E-state index in [-0.39, 0.29) is 17.9 Å². The van der Waals surface area contributed by atoms with Crippen LogP contribution in [0.4, 0.5) is 0 Å². The number of ether oxygens (including phenoxy) is 1. The summed E-state index contributed by atoms with van der Waals surface area (Å²) < 4.78 is 5.49. The number of carbonyl (C=O) groups is 2. The fourth-order valence-corrected chi connectivity index (χ4v) is 2.94. The van der Waals surface area contributed by atoms with Crippen LogP contribution in [-0.4, -0.2) is 49.1 Å². The zero-order valence-corrected chi connectivity index (χ0v) is 13.5. The highest BCUT2D eigenvalue weighted by Crippen LogP contribution is 2.24. The molecule has 2 heterocycles. The Bertz CT molecular complexity index is 381. The van der Waals surface area contributed by atoms with Crippen LogP contribution >= 0.6 is 0 Å². The summed E-state index contributed by atoms with van der Waals surface area (Å²) in [6, 6.07) is 0. The first-order valence-corrected chi connectivity index (χ1v) is 8.10. The number of hydrogen-bond donors (Lipinski definition) is 1. The summed E-state index contributed by atoms with van der Waals surface area (Å²) in [5.41, 5.74) is -1.00. The van der Waals surface area contributed by atoms with Gasteiger partial charge in [-0.05, 0) is 45.4 Å². The Morgan fingerprint density at radius 2 is 1.90 bits per heavy atom. The average Bonchev–Trinajstić information content (AvgIpc) is 2.98. The van der Waals surface area contributed by atoms with Crippen molar-refractivity contribution < 1.29 is 14.3 Å². The van der Waals surface area contributed by atoms with Crippen LogP contribution in [-0.2, 0) is 14.3 Å². The Kier molecular flexibility index (Phi) is 5.25. The fraction of sp³-hybridized carbons (Fsp3) is 0.875. The Hall–Kier alpha value is -1.10. The van der Waals surface area contributed by atoms with Crippen molar-refractivity contribution in [1.82, 2.24) is 10.2 Å². The lowest BCUT2D eigenvalue weighted by atomic mass is 9.88. The maximum absolute atomic E-state index is 12.6. The molecular weight excluding hydrogens is 268 g/mol. The van der Waals surface area contributed by atoms with Crippen LogP contribution in [0.15, 0.2) is 0 Å². The van der Waals surface area contributed by atoms with Gasteiger partial charge in [0.2, 0.25) is 11.8 Å². The number of hydrogen-bond acceptors (Lipinski definition) is 3. The van der Waals surface area contributed by atoms with E-state index in [1.807, 2.05) is 4.90 Å². The molecule has 0 spiro atoms. The number of amides is 2. The van der Waals surface area contributed by atoms with Crippen molar-refractivity contribution in [3.8, 4) is 0 Å². The second-order valence-corrected chi connectivity index (χ2v) is 6.94. The summed E-state index contributed by atoms with van der Waals surface area (Å²) >= 11 is 0. The third kappa shape index (κ3) is 3.96. The highest BCUT2D eigenvalue weighted by atomic mass is 16.5. The summed E-state index contributed by atoms with van der Waals surface area (Å²) in [7, 11) is 0. The van der Waals surface area contributed by atoms with E-state index in [1.54, 1.807) is 13.8 Å². The van der Waals surface area contributed by atoms with Gasteiger partial charge in [-0.2, -0.15) is 0 Å². The Morgan fingerprint density at radius 1 is 1.24 bits per heavy atom. The molecule has 1 N–H and O–H groups in total. The molecule has 0 bridgehead atoms. The third-order valence-electron chi connectivity index (χ3n) is 4.69. The predicted octanol–water partition coefficient (Wildman–Crippen LogP) is 1.57. The minimum Gasteiger partial charge on any atom is -0.376 e. The number of piperidine rings is 1. The molecule has 0 aromatic heterocycles. The van der Waals surface area contributed by atoms with Gasteiger partial charge in [-0.1, -0.05) is 6.92 Å². The highest BCUT2D eigenvalue weighted by Gasteiger charge is 2.40. The number of carbonyl (C=O) groups excluding carboxylic acids is 2. The van der Waals surface area contributed by atoms with Crippen LogP contribution < -0.4 is 5.32 Å². The largest absolute Gasteiger partial charge is 0.376 e. The van der Waals surface area contributed by atoms with E-state index < -0.39 is 5.41 Å². The second-order valence-electron chi connectivity index (χ2n) is 6.94. The smallest absolute Gasteiger partial charge is 0.237 e. The molecule has 2 aliphatic heterocycles. The standard InChI is InChI=1S/C16H28N2O3/c1-12-6-8-18(9-7-12)15(20)16(2,3)14(19)17-11-13-5-4-10-21-13/h12-13H,4-11H2,1-3H3,(H,17,19). The quantitative estimate of drug-likeness (QED) is 0.801. The van der Waals surface area contributed by atoms with Crippen LogP contribution in [0.25, 0.3) is 0 Å². The molecule has 2 rings (SSSR count). The van der Waals surface area contributed by atoms with Gasteiger partial charge in [-0.15, -0.1) is 0 Å². The topological polar surface area (TPSA) is 58.6 Å². The monoisotopic (exact) mass is 296 g/mol. The van der Waals surface area contributed by atoms with Gasteiger partial charge in [0.05, 0.1) is 6.10 Å². The molecule has 0 aromatic rings. The van der Waals surface area contributed by atoms with Crippen LogP contribution in [0.3, 0.4) is 0 Å². The molecule has 2 amide bonds. The fourth-order valence-electron chi connectivity index (χ4n) is 2.94. The number of likely N-dealkylation sites (tertiary alicyclic amines) is 1. The average molecular weight is 296 g/mol. The van der Waals surface area contributed by atoms with Gasteiger partial charge in [0.15, 0.2) is 0 Å². The van der Waals surface area contributed by atoms with Crippen molar-refractivity contribution >= 4 is 11.8 Å². The first kappa shape index (κ1) is 16.3. The van der Waals surface area contributed by atoms with E-state index >= 15 is 0 Å². The predicted molar refractivity (Wildman–Crippen MR) is 80.7 cm³/mol. The maximum Gasteiger partial charge on any atom is 0.237 e. The first-order chi connectivity index (χ1) is 9.91. The molecule has 120 valence electrons. The molecule has 1 unspecified atom stereocenters. The molecule has 2 fully saturated rings. The van der Waals surface area contributed by atoms with Crippen LogP contribution in [0.1, 0.15) is 46.5 Å². The summed E-state index contributed by atoms with van der Waals surface area (Å²) in [6.07, 6.45) is 4.20. The van der Waals surface area contributed by atoms with Gasteiger partial charge in [0.1, 0.15) is 5.41 Å². The van der Waals surface area contributed by atoms with E-state index in [1.165, 1.54) is 0 Å².